The predicted octanol–water partition coefficient (Wildman–Crippen LogP) is 3.32. The number of hydrogen-bond acceptors (Lipinski definition) is 4. The van der Waals surface area contributed by atoms with Crippen LogP contribution in [0.1, 0.15) is 35.2 Å². The van der Waals surface area contributed by atoms with Crippen LogP contribution in [0.3, 0.4) is 0 Å². The molecule has 1 heterocycles. The first-order chi connectivity index (χ1) is 11.5. The molecule has 138 valence electrons. The van der Waals surface area contributed by atoms with Crippen LogP contribution in [0.2, 0.25) is 0 Å². The fraction of sp³-hybridized carbons (Fsp3) is 0.375. The molecular weight excluding hydrogens is 359 g/mol. The number of aliphatic hydroxyl groups is 1. The monoisotopic (exact) mass is 377 g/mol. The smallest absolute Gasteiger partial charge is 0.416 e. The fourth-order valence-electron chi connectivity index (χ4n) is 2.37. The summed E-state index contributed by atoms with van der Waals surface area (Å²) in [6.45, 7) is 3.35. The largest absolute Gasteiger partial charge is 0.466 e. The van der Waals surface area contributed by atoms with E-state index in [0.29, 0.717) is 29.2 Å². The molecule has 2 aromatic rings. The molecule has 5 nitrogen and oxygen atoms in total. The van der Waals surface area contributed by atoms with E-state index in [1.165, 1.54) is 0 Å². The Hall–Kier alpha value is -1.84. The first kappa shape index (κ1) is 19.5. The number of rotatable bonds is 6. The van der Waals surface area contributed by atoms with Crippen molar-refractivity contribution in [3.63, 3.8) is 0 Å². The molecule has 2 rings (SSSR count). The lowest BCUT2D eigenvalue weighted by molar-refractivity contribution is -0.137. The van der Waals surface area contributed by atoms with Gasteiger partial charge >= 0.3 is 6.18 Å². The summed E-state index contributed by atoms with van der Waals surface area (Å²) < 4.78 is 69.2. The van der Waals surface area contributed by atoms with Crippen LogP contribution < -0.4 is 4.72 Å². The summed E-state index contributed by atoms with van der Waals surface area (Å²) in [5, 5.41) is 10.1. The van der Waals surface area contributed by atoms with Gasteiger partial charge in [0.25, 0.3) is 0 Å². The maximum atomic E-state index is 12.5. The topological polar surface area (TPSA) is 79.5 Å². The third-order valence-electron chi connectivity index (χ3n) is 3.64. The normalized spacial score (nSPS) is 13.8. The van der Waals surface area contributed by atoms with E-state index in [2.05, 4.69) is 4.72 Å². The first-order valence-electron chi connectivity index (χ1n) is 7.42. The van der Waals surface area contributed by atoms with Gasteiger partial charge in [0, 0.05) is 12.1 Å². The fourth-order valence-corrected chi connectivity index (χ4v) is 3.42. The number of halogens is 3. The van der Waals surface area contributed by atoms with Crippen LogP contribution in [-0.2, 0) is 16.2 Å². The van der Waals surface area contributed by atoms with Crippen LogP contribution >= 0.6 is 0 Å². The van der Waals surface area contributed by atoms with Crippen LogP contribution in [0.4, 0.5) is 13.2 Å². The zero-order valence-electron chi connectivity index (χ0n) is 13.6. The molecule has 0 amide bonds. The van der Waals surface area contributed by atoms with Gasteiger partial charge in [-0.3, -0.25) is 0 Å². The number of nitrogens with one attached hydrogen (secondary N) is 1. The van der Waals surface area contributed by atoms with Crippen molar-refractivity contribution in [3.05, 3.63) is 53.0 Å². The Balaban J connectivity index is 1.98. The second-order valence-corrected chi connectivity index (χ2v) is 7.36. The van der Waals surface area contributed by atoms with Gasteiger partial charge in [0.1, 0.15) is 11.5 Å². The van der Waals surface area contributed by atoms with E-state index in [4.69, 9.17) is 4.42 Å². The van der Waals surface area contributed by atoms with Gasteiger partial charge in [0.15, 0.2) is 0 Å². The van der Waals surface area contributed by atoms with Gasteiger partial charge in [-0.2, -0.15) is 13.2 Å². The zero-order chi connectivity index (χ0) is 18.8. The van der Waals surface area contributed by atoms with Crippen LogP contribution in [0.25, 0.3) is 0 Å². The molecule has 1 aromatic carbocycles. The summed E-state index contributed by atoms with van der Waals surface area (Å²) in [7, 11) is -3.96. The average molecular weight is 377 g/mol. The Labute approximate surface area is 143 Å². The Morgan fingerprint density at radius 3 is 2.28 bits per heavy atom. The van der Waals surface area contributed by atoms with E-state index in [1.807, 2.05) is 0 Å². The average Bonchev–Trinajstić information content (AvgIpc) is 2.85. The molecule has 25 heavy (non-hydrogen) atoms. The van der Waals surface area contributed by atoms with E-state index in [1.54, 1.807) is 19.9 Å². The minimum absolute atomic E-state index is 0.0752. The standard InChI is InChI=1S/C16H18F3NO4S/c1-10-9-14(11(2)24-10)15(21)7-8-20-25(22,23)13-5-3-12(4-6-13)16(17,18)19/h3-6,9,15,20-21H,7-8H2,1-2H3. The molecule has 1 aromatic heterocycles. The minimum Gasteiger partial charge on any atom is -0.466 e. The summed E-state index contributed by atoms with van der Waals surface area (Å²) in [6, 6.07) is 4.88. The van der Waals surface area contributed by atoms with Crippen LogP contribution in [0.15, 0.2) is 39.6 Å². The summed E-state index contributed by atoms with van der Waals surface area (Å²) in [5.41, 5.74) is -0.348. The Kier molecular flexibility index (Phi) is 5.60. The first-order valence-corrected chi connectivity index (χ1v) is 8.91. The van der Waals surface area contributed by atoms with Gasteiger partial charge < -0.3 is 9.52 Å². The highest BCUT2D eigenvalue weighted by Crippen LogP contribution is 2.29. The molecule has 0 aliphatic rings. The lowest BCUT2D eigenvalue weighted by atomic mass is 10.1. The highest BCUT2D eigenvalue weighted by molar-refractivity contribution is 7.89. The van der Waals surface area contributed by atoms with Gasteiger partial charge in [0.2, 0.25) is 10.0 Å². The van der Waals surface area contributed by atoms with Crippen molar-refractivity contribution in [2.24, 2.45) is 0 Å². The molecule has 0 fully saturated rings. The number of sulfonamides is 1. The highest BCUT2D eigenvalue weighted by Gasteiger charge is 2.30. The maximum absolute atomic E-state index is 12.5. The zero-order valence-corrected chi connectivity index (χ0v) is 14.4. The number of alkyl halides is 3. The Morgan fingerprint density at radius 2 is 1.80 bits per heavy atom. The second kappa shape index (κ2) is 7.19. The number of furan rings is 1. The number of aliphatic hydroxyl groups excluding tert-OH is 1. The van der Waals surface area contributed by atoms with Crippen molar-refractivity contribution < 1.29 is 31.1 Å². The van der Waals surface area contributed by atoms with Gasteiger partial charge in [0.05, 0.1) is 16.6 Å². The van der Waals surface area contributed by atoms with Gasteiger partial charge in [-0.05, 0) is 50.6 Å². The molecule has 0 aliphatic heterocycles. The molecule has 1 atom stereocenters. The molecule has 0 saturated carbocycles. The molecule has 0 spiro atoms. The molecule has 0 aliphatic carbocycles. The lowest BCUT2D eigenvalue weighted by Crippen LogP contribution is -2.26. The van der Waals surface area contributed by atoms with Gasteiger partial charge in [-0.1, -0.05) is 0 Å². The van der Waals surface area contributed by atoms with Crippen molar-refractivity contribution in [2.75, 3.05) is 6.54 Å². The molecule has 9 heteroatoms. The van der Waals surface area contributed by atoms with E-state index in [-0.39, 0.29) is 17.9 Å². The predicted molar refractivity (Wildman–Crippen MR) is 84.4 cm³/mol. The van der Waals surface area contributed by atoms with Crippen LogP contribution in [0, 0.1) is 13.8 Å². The van der Waals surface area contributed by atoms with Gasteiger partial charge in [-0.25, -0.2) is 13.1 Å². The summed E-state index contributed by atoms with van der Waals surface area (Å²) >= 11 is 0. The van der Waals surface area contributed by atoms with E-state index < -0.39 is 27.9 Å². The molecule has 0 radical (unpaired) electrons. The maximum Gasteiger partial charge on any atom is 0.416 e. The molecular formula is C16H18F3NO4S. The van der Waals surface area contributed by atoms with Gasteiger partial charge in [-0.15, -0.1) is 0 Å². The number of hydrogen-bond donors (Lipinski definition) is 2. The van der Waals surface area contributed by atoms with E-state index in [9.17, 15) is 26.7 Å². The minimum atomic E-state index is -4.53. The Bertz CT molecular complexity index is 826. The number of aryl methyl sites for hydroxylation is 2. The molecule has 2 N–H and O–H groups in total. The van der Waals surface area contributed by atoms with Crippen LogP contribution in [-0.4, -0.2) is 20.1 Å². The van der Waals surface area contributed by atoms with Crippen molar-refractivity contribution >= 4 is 10.0 Å². The SMILES string of the molecule is Cc1cc(C(O)CCNS(=O)(=O)c2ccc(C(F)(F)F)cc2)c(C)o1. The summed E-state index contributed by atoms with van der Waals surface area (Å²) in [5.74, 6) is 1.19. The van der Waals surface area contributed by atoms with E-state index >= 15 is 0 Å². The quantitative estimate of drug-likeness (QED) is 0.809. The second-order valence-electron chi connectivity index (χ2n) is 5.59. The van der Waals surface area contributed by atoms with Crippen LogP contribution in [0.5, 0.6) is 0 Å². The summed E-state index contributed by atoms with van der Waals surface area (Å²) in [6.07, 6.45) is -5.34. The summed E-state index contributed by atoms with van der Waals surface area (Å²) in [4.78, 5) is -0.273. The lowest BCUT2D eigenvalue weighted by Gasteiger charge is -2.12. The molecule has 0 saturated heterocycles. The van der Waals surface area contributed by atoms with E-state index in [0.717, 1.165) is 12.1 Å². The highest BCUT2D eigenvalue weighted by atomic mass is 32.2. The third-order valence-corrected chi connectivity index (χ3v) is 5.12. The third kappa shape index (κ3) is 4.83. The Morgan fingerprint density at radius 1 is 1.20 bits per heavy atom. The van der Waals surface area contributed by atoms with Crippen molar-refractivity contribution in [1.29, 1.82) is 0 Å². The van der Waals surface area contributed by atoms with Crippen molar-refractivity contribution in [2.45, 2.75) is 37.4 Å². The molecule has 1 unspecified atom stereocenters. The number of benzene rings is 1. The van der Waals surface area contributed by atoms with Crippen molar-refractivity contribution in [3.8, 4) is 0 Å². The van der Waals surface area contributed by atoms with Crippen molar-refractivity contribution in [1.82, 2.24) is 4.72 Å². The molecule has 0 bridgehead atoms.